The van der Waals surface area contributed by atoms with E-state index in [0.29, 0.717) is 16.1 Å². The molecule has 0 aliphatic heterocycles. The molecule has 0 aliphatic carbocycles. The van der Waals surface area contributed by atoms with E-state index in [1.54, 1.807) is 6.07 Å². The van der Waals surface area contributed by atoms with E-state index in [2.05, 4.69) is 10.2 Å². The highest BCUT2D eigenvalue weighted by Gasteiger charge is 2.10. The summed E-state index contributed by atoms with van der Waals surface area (Å²) in [5.74, 6) is 0.739. The van der Waals surface area contributed by atoms with Crippen LogP contribution in [0.25, 0.3) is 11.0 Å². The molecule has 62 valence electrons. The molecule has 2 heterocycles. The lowest BCUT2D eigenvalue weighted by Crippen LogP contribution is -1.82. The Labute approximate surface area is 78.3 Å². The van der Waals surface area contributed by atoms with Crippen molar-refractivity contribution in [2.24, 2.45) is 0 Å². The summed E-state index contributed by atoms with van der Waals surface area (Å²) in [6.45, 7) is 1.81. The fraction of sp³-hybridized carbons (Fsp3) is 0.143. The summed E-state index contributed by atoms with van der Waals surface area (Å²) < 4.78 is 5.26. The van der Waals surface area contributed by atoms with Gasteiger partial charge in [0.15, 0.2) is 15.9 Å². The predicted octanol–water partition coefficient (Wildman–Crippen LogP) is 2.84. The molecular formula is C7H4Cl2N2O. The molecule has 0 saturated heterocycles. The second-order valence-corrected chi connectivity index (χ2v) is 3.10. The summed E-state index contributed by atoms with van der Waals surface area (Å²) >= 11 is 11.5. The fourth-order valence-electron chi connectivity index (χ4n) is 1.01. The van der Waals surface area contributed by atoms with Crippen molar-refractivity contribution in [3.8, 4) is 0 Å². The first kappa shape index (κ1) is 7.83. The number of nitrogens with zero attached hydrogens (tertiary/aromatic N) is 2. The van der Waals surface area contributed by atoms with Crippen molar-refractivity contribution in [2.75, 3.05) is 0 Å². The Balaban J connectivity index is 2.93. The van der Waals surface area contributed by atoms with Crippen LogP contribution in [-0.4, -0.2) is 10.2 Å². The summed E-state index contributed by atoms with van der Waals surface area (Å²) in [5.41, 5.74) is 0.495. The van der Waals surface area contributed by atoms with Crippen molar-refractivity contribution in [2.45, 2.75) is 6.92 Å². The Morgan fingerprint density at radius 3 is 2.58 bits per heavy atom. The van der Waals surface area contributed by atoms with Gasteiger partial charge in [-0.3, -0.25) is 0 Å². The summed E-state index contributed by atoms with van der Waals surface area (Å²) in [5, 5.41) is 8.51. The van der Waals surface area contributed by atoms with Gasteiger partial charge in [-0.2, -0.15) is 0 Å². The zero-order chi connectivity index (χ0) is 8.72. The van der Waals surface area contributed by atoms with E-state index in [4.69, 9.17) is 27.6 Å². The molecule has 0 spiro atoms. The van der Waals surface area contributed by atoms with Gasteiger partial charge in [-0.05, 0) is 13.0 Å². The minimum atomic E-state index is 0.238. The zero-order valence-corrected chi connectivity index (χ0v) is 7.65. The van der Waals surface area contributed by atoms with Gasteiger partial charge in [-0.15, -0.1) is 10.2 Å². The molecule has 0 atom stereocenters. The van der Waals surface area contributed by atoms with Crippen molar-refractivity contribution >= 4 is 34.2 Å². The van der Waals surface area contributed by atoms with Crippen LogP contribution in [0.5, 0.6) is 0 Å². The first-order valence-electron chi connectivity index (χ1n) is 3.26. The lowest BCUT2D eigenvalue weighted by Gasteiger charge is -1.90. The molecule has 12 heavy (non-hydrogen) atoms. The van der Waals surface area contributed by atoms with Crippen LogP contribution in [-0.2, 0) is 0 Å². The maximum atomic E-state index is 5.75. The fourth-order valence-corrected chi connectivity index (χ4v) is 1.36. The number of furan rings is 1. The van der Waals surface area contributed by atoms with Crippen molar-refractivity contribution in [1.82, 2.24) is 10.2 Å². The van der Waals surface area contributed by atoms with Gasteiger partial charge in [-0.1, -0.05) is 23.2 Å². The quantitative estimate of drug-likeness (QED) is 0.660. The van der Waals surface area contributed by atoms with Crippen molar-refractivity contribution in [3.05, 3.63) is 22.1 Å². The third-order valence-corrected chi connectivity index (χ3v) is 2.02. The zero-order valence-electron chi connectivity index (χ0n) is 6.14. The molecule has 2 aromatic rings. The molecule has 0 fully saturated rings. The molecule has 0 bridgehead atoms. The Morgan fingerprint density at radius 1 is 1.25 bits per heavy atom. The second kappa shape index (κ2) is 2.61. The van der Waals surface area contributed by atoms with Gasteiger partial charge in [0.05, 0.1) is 5.39 Å². The molecule has 0 N–H and O–H groups in total. The van der Waals surface area contributed by atoms with Crippen LogP contribution in [0.15, 0.2) is 10.5 Å². The van der Waals surface area contributed by atoms with Gasteiger partial charge >= 0.3 is 0 Å². The molecule has 0 radical (unpaired) electrons. The van der Waals surface area contributed by atoms with Crippen molar-refractivity contribution in [1.29, 1.82) is 0 Å². The van der Waals surface area contributed by atoms with Crippen LogP contribution >= 0.6 is 23.2 Å². The van der Waals surface area contributed by atoms with E-state index in [0.717, 1.165) is 5.76 Å². The van der Waals surface area contributed by atoms with Crippen molar-refractivity contribution < 1.29 is 4.42 Å². The summed E-state index contributed by atoms with van der Waals surface area (Å²) in [6.07, 6.45) is 0. The first-order valence-corrected chi connectivity index (χ1v) is 4.02. The molecule has 0 amide bonds. The average molecular weight is 203 g/mol. The van der Waals surface area contributed by atoms with E-state index < -0.39 is 0 Å². The van der Waals surface area contributed by atoms with Crippen LogP contribution in [0.2, 0.25) is 10.3 Å². The average Bonchev–Trinajstić information content (AvgIpc) is 2.41. The highest BCUT2D eigenvalue weighted by Crippen LogP contribution is 2.28. The SMILES string of the molecule is Cc1cc2c(Cl)nnc(Cl)c2o1. The Kier molecular flexibility index (Phi) is 1.70. The third-order valence-electron chi connectivity index (χ3n) is 1.49. The molecule has 0 aliphatic rings. The first-order chi connectivity index (χ1) is 5.68. The van der Waals surface area contributed by atoms with Crippen LogP contribution in [0.3, 0.4) is 0 Å². The number of hydrogen-bond donors (Lipinski definition) is 0. The van der Waals surface area contributed by atoms with E-state index in [9.17, 15) is 0 Å². The number of aromatic nitrogens is 2. The summed E-state index contributed by atoms with van der Waals surface area (Å²) in [6, 6.07) is 1.78. The second-order valence-electron chi connectivity index (χ2n) is 2.38. The monoisotopic (exact) mass is 202 g/mol. The predicted molar refractivity (Wildman–Crippen MR) is 46.6 cm³/mol. The van der Waals surface area contributed by atoms with Crippen LogP contribution in [0.1, 0.15) is 5.76 Å². The van der Waals surface area contributed by atoms with E-state index in [1.165, 1.54) is 0 Å². The van der Waals surface area contributed by atoms with Gasteiger partial charge < -0.3 is 4.42 Å². The molecule has 0 aromatic carbocycles. The van der Waals surface area contributed by atoms with E-state index in [-0.39, 0.29) is 5.15 Å². The van der Waals surface area contributed by atoms with Crippen molar-refractivity contribution in [3.63, 3.8) is 0 Å². The van der Waals surface area contributed by atoms with Gasteiger partial charge in [-0.25, -0.2) is 0 Å². The van der Waals surface area contributed by atoms with Crippen LogP contribution in [0.4, 0.5) is 0 Å². The number of aryl methyl sites for hydroxylation is 1. The lowest BCUT2D eigenvalue weighted by molar-refractivity contribution is 0.576. The topological polar surface area (TPSA) is 38.9 Å². The van der Waals surface area contributed by atoms with Crippen LogP contribution in [0, 0.1) is 6.92 Å². The minimum Gasteiger partial charge on any atom is -0.458 e. The number of halogens is 2. The maximum absolute atomic E-state index is 5.75. The smallest absolute Gasteiger partial charge is 0.195 e. The molecular weight excluding hydrogens is 199 g/mol. The van der Waals surface area contributed by atoms with Crippen LogP contribution < -0.4 is 0 Å². The molecule has 2 aromatic heterocycles. The Hall–Kier alpha value is -0.800. The van der Waals surface area contributed by atoms with E-state index >= 15 is 0 Å². The number of hydrogen-bond acceptors (Lipinski definition) is 3. The highest BCUT2D eigenvalue weighted by molar-refractivity contribution is 6.37. The summed E-state index contributed by atoms with van der Waals surface area (Å²) in [7, 11) is 0. The standard InChI is InChI=1S/C7H4Cl2N2O/c1-3-2-4-5(12-3)7(9)11-10-6(4)8/h2H,1H3. The molecule has 0 unspecified atom stereocenters. The maximum Gasteiger partial charge on any atom is 0.195 e. The Bertz CT molecular complexity index is 399. The molecule has 0 saturated carbocycles. The highest BCUT2D eigenvalue weighted by atomic mass is 35.5. The third kappa shape index (κ3) is 1.06. The van der Waals surface area contributed by atoms with Gasteiger partial charge in [0.2, 0.25) is 0 Å². The normalized spacial score (nSPS) is 10.9. The molecule has 3 nitrogen and oxygen atoms in total. The van der Waals surface area contributed by atoms with Gasteiger partial charge in [0, 0.05) is 0 Å². The van der Waals surface area contributed by atoms with E-state index in [1.807, 2.05) is 6.92 Å². The molecule has 5 heteroatoms. The molecule has 2 rings (SSSR count). The summed E-state index contributed by atoms with van der Waals surface area (Å²) in [4.78, 5) is 0. The minimum absolute atomic E-state index is 0.238. The van der Waals surface area contributed by atoms with Gasteiger partial charge in [0.1, 0.15) is 5.76 Å². The largest absolute Gasteiger partial charge is 0.458 e. The Morgan fingerprint density at radius 2 is 1.92 bits per heavy atom. The lowest BCUT2D eigenvalue weighted by atomic mass is 10.3. The number of fused-ring (bicyclic) bond motifs is 1. The number of rotatable bonds is 0. The van der Waals surface area contributed by atoms with Gasteiger partial charge in [0.25, 0.3) is 0 Å².